The van der Waals surface area contributed by atoms with E-state index in [0.717, 1.165) is 23.4 Å². The molecule has 0 unspecified atom stereocenters. The van der Waals surface area contributed by atoms with Crippen LogP contribution in [0.25, 0.3) is 0 Å². The second-order valence-corrected chi connectivity index (χ2v) is 5.93. The summed E-state index contributed by atoms with van der Waals surface area (Å²) in [5.74, 6) is -0.935. The Hall–Kier alpha value is -0.940. The van der Waals surface area contributed by atoms with Gasteiger partial charge < -0.3 is 5.32 Å². The second kappa shape index (κ2) is 5.80. The maximum absolute atomic E-state index is 13.5. The minimum absolute atomic E-state index is 0.134. The Morgan fingerprint density at radius 1 is 1.17 bits per heavy atom. The van der Waals surface area contributed by atoms with Gasteiger partial charge in [0, 0.05) is 22.4 Å². The van der Waals surface area contributed by atoms with E-state index in [4.69, 9.17) is 0 Å². The Labute approximate surface area is 117 Å². The van der Waals surface area contributed by atoms with Crippen molar-refractivity contribution in [2.24, 2.45) is 0 Å². The first-order valence-electron chi connectivity index (χ1n) is 5.56. The van der Waals surface area contributed by atoms with Crippen molar-refractivity contribution in [3.63, 3.8) is 0 Å². The molecule has 0 aliphatic carbocycles. The Balaban J connectivity index is 2.08. The van der Waals surface area contributed by atoms with Gasteiger partial charge in [-0.3, -0.25) is 0 Å². The summed E-state index contributed by atoms with van der Waals surface area (Å²) in [5.41, 5.74) is 0.183. The molecule has 1 nitrogen and oxygen atoms in total. The van der Waals surface area contributed by atoms with E-state index in [-0.39, 0.29) is 10.2 Å². The molecular weight excluding hydrogens is 320 g/mol. The number of benzene rings is 1. The van der Waals surface area contributed by atoms with Crippen LogP contribution in [0.4, 0.5) is 14.5 Å². The van der Waals surface area contributed by atoms with Crippen LogP contribution in [0.3, 0.4) is 0 Å². The second-order valence-electron chi connectivity index (χ2n) is 3.82. The van der Waals surface area contributed by atoms with Crippen LogP contribution in [0, 0.1) is 11.6 Å². The summed E-state index contributed by atoms with van der Waals surface area (Å²) in [6.07, 6.45) is 0.992. The smallest absolute Gasteiger partial charge is 0.147 e. The van der Waals surface area contributed by atoms with Crippen LogP contribution < -0.4 is 5.32 Å². The first kappa shape index (κ1) is 13.5. The number of anilines is 1. The maximum atomic E-state index is 13.5. The van der Waals surface area contributed by atoms with Crippen molar-refractivity contribution in [3.8, 4) is 0 Å². The SMILES string of the molecule is CCc1ccc(CNc2cc(F)c(Br)cc2F)s1. The average Bonchev–Trinajstić information content (AvgIpc) is 2.80. The van der Waals surface area contributed by atoms with Gasteiger partial charge in [-0.15, -0.1) is 11.3 Å². The van der Waals surface area contributed by atoms with Crippen LogP contribution in [0.5, 0.6) is 0 Å². The summed E-state index contributed by atoms with van der Waals surface area (Å²) < 4.78 is 27.0. The average molecular weight is 332 g/mol. The number of aryl methyl sites for hydroxylation is 1. The minimum atomic E-state index is -0.473. The molecule has 1 N–H and O–H groups in total. The highest BCUT2D eigenvalue weighted by molar-refractivity contribution is 9.10. The summed E-state index contributed by atoms with van der Waals surface area (Å²) in [4.78, 5) is 2.39. The molecule has 5 heteroatoms. The van der Waals surface area contributed by atoms with Crippen molar-refractivity contribution >= 4 is 33.0 Å². The fourth-order valence-corrected chi connectivity index (χ4v) is 2.76. The molecule has 0 aliphatic heterocycles. The quantitative estimate of drug-likeness (QED) is 0.780. The van der Waals surface area contributed by atoms with Gasteiger partial charge in [-0.05, 0) is 40.5 Å². The fraction of sp³-hybridized carbons (Fsp3) is 0.231. The maximum Gasteiger partial charge on any atom is 0.147 e. The Kier molecular flexibility index (Phi) is 4.35. The zero-order chi connectivity index (χ0) is 13.1. The zero-order valence-electron chi connectivity index (χ0n) is 9.77. The van der Waals surface area contributed by atoms with E-state index >= 15 is 0 Å². The molecule has 0 spiro atoms. The third-order valence-corrected chi connectivity index (χ3v) is 4.37. The molecule has 2 rings (SSSR count). The Morgan fingerprint density at radius 3 is 2.56 bits per heavy atom. The monoisotopic (exact) mass is 331 g/mol. The normalized spacial score (nSPS) is 10.7. The number of rotatable bonds is 4. The number of hydrogen-bond acceptors (Lipinski definition) is 2. The number of thiophene rings is 1. The van der Waals surface area contributed by atoms with E-state index in [0.29, 0.717) is 6.54 Å². The van der Waals surface area contributed by atoms with Gasteiger partial charge in [-0.2, -0.15) is 0 Å². The molecule has 0 saturated heterocycles. The molecule has 1 heterocycles. The lowest BCUT2D eigenvalue weighted by molar-refractivity contribution is 0.596. The lowest BCUT2D eigenvalue weighted by Crippen LogP contribution is -2.00. The summed E-state index contributed by atoms with van der Waals surface area (Å²) in [6, 6.07) is 6.35. The molecule has 96 valence electrons. The Morgan fingerprint density at radius 2 is 1.89 bits per heavy atom. The fourth-order valence-electron chi connectivity index (χ4n) is 1.55. The molecule has 1 aromatic carbocycles. The largest absolute Gasteiger partial charge is 0.378 e. The van der Waals surface area contributed by atoms with Gasteiger partial charge in [0.25, 0.3) is 0 Å². The van der Waals surface area contributed by atoms with E-state index < -0.39 is 11.6 Å². The van der Waals surface area contributed by atoms with Crippen molar-refractivity contribution in [2.45, 2.75) is 19.9 Å². The first-order chi connectivity index (χ1) is 8.60. The van der Waals surface area contributed by atoms with Crippen molar-refractivity contribution in [1.29, 1.82) is 0 Å². The zero-order valence-corrected chi connectivity index (χ0v) is 12.2. The molecule has 0 atom stereocenters. The molecule has 1 aromatic heterocycles. The highest BCUT2D eigenvalue weighted by Crippen LogP contribution is 2.24. The van der Waals surface area contributed by atoms with Gasteiger partial charge in [0.05, 0.1) is 10.2 Å². The van der Waals surface area contributed by atoms with Crippen molar-refractivity contribution in [3.05, 3.63) is 50.1 Å². The summed E-state index contributed by atoms with van der Waals surface area (Å²) in [6.45, 7) is 2.59. The molecule has 0 radical (unpaired) electrons. The van der Waals surface area contributed by atoms with E-state index in [1.807, 2.05) is 6.07 Å². The van der Waals surface area contributed by atoms with E-state index in [9.17, 15) is 8.78 Å². The van der Waals surface area contributed by atoms with Crippen molar-refractivity contribution < 1.29 is 8.78 Å². The molecule has 0 aliphatic rings. The third kappa shape index (κ3) is 3.09. The van der Waals surface area contributed by atoms with Crippen LogP contribution >= 0.6 is 27.3 Å². The number of hydrogen-bond donors (Lipinski definition) is 1. The predicted molar refractivity (Wildman–Crippen MR) is 75.1 cm³/mol. The molecule has 0 saturated carbocycles. The first-order valence-corrected chi connectivity index (χ1v) is 7.17. The summed E-state index contributed by atoms with van der Waals surface area (Å²) >= 11 is 4.63. The van der Waals surface area contributed by atoms with Crippen molar-refractivity contribution in [2.75, 3.05) is 5.32 Å². The van der Waals surface area contributed by atoms with E-state index in [2.05, 4.69) is 34.2 Å². The molecule has 0 amide bonds. The van der Waals surface area contributed by atoms with Crippen LogP contribution in [-0.2, 0) is 13.0 Å². The van der Waals surface area contributed by atoms with Crippen LogP contribution in [0.2, 0.25) is 0 Å². The molecule has 0 fully saturated rings. The molecule has 2 aromatic rings. The van der Waals surface area contributed by atoms with E-state index in [1.54, 1.807) is 11.3 Å². The molecule has 0 bridgehead atoms. The van der Waals surface area contributed by atoms with Gasteiger partial charge in [0.2, 0.25) is 0 Å². The number of nitrogens with one attached hydrogen (secondary N) is 1. The summed E-state index contributed by atoms with van der Waals surface area (Å²) in [5, 5.41) is 2.91. The van der Waals surface area contributed by atoms with Crippen molar-refractivity contribution in [1.82, 2.24) is 0 Å². The lowest BCUT2D eigenvalue weighted by Gasteiger charge is -2.07. The van der Waals surface area contributed by atoms with Crippen LogP contribution in [-0.4, -0.2) is 0 Å². The molecule has 18 heavy (non-hydrogen) atoms. The van der Waals surface area contributed by atoms with E-state index in [1.165, 1.54) is 4.88 Å². The highest BCUT2D eigenvalue weighted by atomic mass is 79.9. The topological polar surface area (TPSA) is 12.0 Å². The van der Waals surface area contributed by atoms with Crippen LogP contribution in [0.15, 0.2) is 28.7 Å². The highest BCUT2D eigenvalue weighted by Gasteiger charge is 2.08. The lowest BCUT2D eigenvalue weighted by atomic mass is 10.3. The van der Waals surface area contributed by atoms with Gasteiger partial charge in [0.15, 0.2) is 0 Å². The predicted octanol–water partition coefficient (Wildman–Crippen LogP) is 4.96. The standard InChI is InChI=1S/C13H12BrF2NS/c1-2-8-3-4-9(18-8)7-17-13-6-11(15)10(14)5-12(13)16/h3-6,17H,2,7H2,1H3. The summed E-state index contributed by atoms with van der Waals surface area (Å²) in [7, 11) is 0. The van der Waals surface area contributed by atoms with Gasteiger partial charge >= 0.3 is 0 Å². The molecular formula is C13H12BrF2NS. The van der Waals surface area contributed by atoms with Gasteiger partial charge in [-0.25, -0.2) is 8.78 Å². The minimum Gasteiger partial charge on any atom is -0.378 e. The van der Waals surface area contributed by atoms with Gasteiger partial charge in [-0.1, -0.05) is 6.92 Å². The van der Waals surface area contributed by atoms with Gasteiger partial charge in [0.1, 0.15) is 11.6 Å². The Bertz CT molecular complexity index is 554. The van der Waals surface area contributed by atoms with Crippen LogP contribution in [0.1, 0.15) is 16.7 Å². The third-order valence-electron chi connectivity index (χ3n) is 2.53. The number of halogens is 3.